The van der Waals surface area contributed by atoms with E-state index in [-0.39, 0.29) is 23.0 Å². The van der Waals surface area contributed by atoms with E-state index >= 15 is 0 Å². The van der Waals surface area contributed by atoms with E-state index in [1.807, 2.05) is 20.8 Å². The summed E-state index contributed by atoms with van der Waals surface area (Å²) >= 11 is 0. The largest absolute Gasteiger partial charge is 0.460 e. The van der Waals surface area contributed by atoms with Crippen molar-refractivity contribution in [2.45, 2.75) is 57.6 Å². The van der Waals surface area contributed by atoms with Crippen molar-refractivity contribution < 1.29 is 9.53 Å². The average molecular weight is 239 g/mol. The molecule has 0 radical (unpaired) electrons. The fourth-order valence-electron chi connectivity index (χ4n) is 2.41. The highest BCUT2D eigenvalue weighted by molar-refractivity contribution is 5.73. The van der Waals surface area contributed by atoms with E-state index < -0.39 is 0 Å². The zero-order valence-corrected chi connectivity index (χ0v) is 10.8. The van der Waals surface area contributed by atoms with Crippen molar-refractivity contribution in [1.29, 1.82) is 0 Å². The standard InChI is InChI=1S/C12H21N3O2/c1-11(2,3)17-10(16)9-4-6-12(7-5-9)8-13-15-14-12/h9H,4-8H2,1-3H3,(H,13,14). The summed E-state index contributed by atoms with van der Waals surface area (Å²) in [6, 6.07) is 0. The minimum absolute atomic E-state index is 0.0263. The predicted octanol–water partition coefficient (Wildman–Crippen LogP) is 2.23. The van der Waals surface area contributed by atoms with E-state index in [0.717, 1.165) is 32.2 Å². The van der Waals surface area contributed by atoms with Crippen LogP contribution in [0.4, 0.5) is 0 Å². The minimum atomic E-state index is -0.386. The molecule has 5 heteroatoms. The Balaban J connectivity index is 1.84. The summed E-state index contributed by atoms with van der Waals surface area (Å²) < 4.78 is 5.42. The number of carbonyl (C=O) groups is 1. The molecule has 0 bridgehead atoms. The molecule has 2 aliphatic rings. The lowest BCUT2D eigenvalue weighted by Crippen LogP contribution is -2.46. The fraction of sp³-hybridized carbons (Fsp3) is 0.917. The lowest BCUT2D eigenvalue weighted by atomic mass is 9.77. The van der Waals surface area contributed by atoms with Gasteiger partial charge in [0.05, 0.1) is 18.0 Å². The Morgan fingerprint density at radius 3 is 2.47 bits per heavy atom. The van der Waals surface area contributed by atoms with Gasteiger partial charge in [-0.25, -0.2) is 0 Å². The summed E-state index contributed by atoms with van der Waals surface area (Å²) in [5.74, 6) is -0.0125. The highest BCUT2D eigenvalue weighted by Gasteiger charge is 2.40. The van der Waals surface area contributed by atoms with Crippen molar-refractivity contribution in [2.24, 2.45) is 16.3 Å². The number of nitrogens with zero attached hydrogens (tertiary/aromatic N) is 2. The van der Waals surface area contributed by atoms with Gasteiger partial charge in [0.15, 0.2) is 0 Å². The van der Waals surface area contributed by atoms with Crippen molar-refractivity contribution in [3.05, 3.63) is 0 Å². The fourth-order valence-corrected chi connectivity index (χ4v) is 2.41. The SMILES string of the molecule is CC(C)(C)OC(=O)C1CCC2(CC1)CN=NN2. The molecule has 1 saturated carbocycles. The molecule has 17 heavy (non-hydrogen) atoms. The topological polar surface area (TPSA) is 63.0 Å². The Labute approximate surface area is 102 Å². The van der Waals surface area contributed by atoms with Crippen molar-refractivity contribution in [3.63, 3.8) is 0 Å². The summed E-state index contributed by atoms with van der Waals surface area (Å²) in [5.41, 5.74) is 2.73. The van der Waals surface area contributed by atoms with E-state index in [4.69, 9.17) is 4.74 Å². The van der Waals surface area contributed by atoms with Crippen molar-refractivity contribution in [3.8, 4) is 0 Å². The first kappa shape index (κ1) is 12.3. The lowest BCUT2D eigenvalue weighted by molar-refractivity contribution is -0.161. The van der Waals surface area contributed by atoms with Gasteiger partial charge in [0.2, 0.25) is 0 Å². The van der Waals surface area contributed by atoms with Gasteiger partial charge < -0.3 is 4.74 Å². The molecular formula is C12H21N3O2. The van der Waals surface area contributed by atoms with Gasteiger partial charge in [-0.1, -0.05) is 5.22 Å². The summed E-state index contributed by atoms with van der Waals surface area (Å²) in [6.07, 6.45) is 3.63. The lowest BCUT2D eigenvalue weighted by Gasteiger charge is -2.35. The molecule has 1 aliphatic heterocycles. The first-order valence-electron chi connectivity index (χ1n) is 6.27. The molecule has 96 valence electrons. The minimum Gasteiger partial charge on any atom is -0.460 e. The number of esters is 1. The zero-order valence-electron chi connectivity index (χ0n) is 10.8. The quantitative estimate of drug-likeness (QED) is 0.714. The summed E-state index contributed by atoms with van der Waals surface area (Å²) in [5, 5.41) is 7.84. The van der Waals surface area contributed by atoms with Crippen LogP contribution in [0.1, 0.15) is 46.5 Å². The first-order chi connectivity index (χ1) is 7.90. The van der Waals surface area contributed by atoms with Crippen LogP contribution in [0.2, 0.25) is 0 Å². The maximum absolute atomic E-state index is 11.9. The molecule has 0 amide bonds. The Morgan fingerprint density at radius 2 is 2.00 bits per heavy atom. The first-order valence-corrected chi connectivity index (χ1v) is 6.27. The summed E-state index contributed by atoms with van der Waals surface area (Å²) in [7, 11) is 0. The van der Waals surface area contributed by atoms with E-state index in [2.05, 4.69) is 15.8 Å². The smallest absolute Gasteiger partial charge is 0.309 e. The van der Waals surface area contributed by atoms with E-state index in [1.54, 1.807) is 0 Å². The van der Waals surface area contributed by atoms with Crippen molar-refractivity contribution >= 4 is 5.97 Å². The zero-order chi connectivity index (χ0) is 12.5. The molecule has 2 rings (SSSR count). The van der Waals surface area contributed by atoms with Crippen LogP contribution in [0.5, 0.6) is 0 Å². The van der Waals surface area contributed by atoms with E-state index in [0.29, 0.717) is 0 Å². The van der Waals surface area contributed by atoms with Crippen molar-refractivity contribution in [2.75, 3.05) is 6.54 Å². The highest BCUT2D eigenvalue weighted by atomic mass is 16.6. The predicted molar refractivity (Wildman–Crippen MR) is 63.4 cm³/mol. The molecule has 0 saturated heterocycles. The number of rotatable bonds is 1. The van der Waals surface area contributed by atoms with Crippen molar-refractivity contribution in [1.82, 2.24) is 5.43 Å². The van der Waals surface area contributed by atoms with Crippen LogP contribution in [0.3, 0.4) is 0 Å². The van der Waals surface area contributed by atoms with Gasteiger partial charge in [0, 0.05) is 0 Å². The van der Waals surface area contributed by atoms with Crippen LogP contribution in [-0.4, -0.2) is 23.7 Å². The number of nitrogens with one attached hydrogen (secondary N) is 1. The monoisotopic (exact) mass is 239 g/mol. The molecule has 1 aliphatic carbocycles. The van der Waals surface area contributed by atoms with Gasteiger partial charge in [-0.15, -0.1) is 0 Å². The summed E-state index contributed by atoms with van der Waals surface area (Å²) in [4.78, 5) is 11.9. The molecule has 0 aromatic carbocycles. The molecule has 1 N–H and O–H groups in total. The maximum Gasteiger partial charge on any atom is 0.309 e. The second-order valence-corrected chi connectivity index (χ2v) is 6.10. The van der Waals surface area contributed by atoms with Crippen LogP contribution in [0.25, 0.3) is 0 Å². The van der Waals surface area contributed by atoms with Crippen LogP contribution >= 0.6 is 0 Å². The molecule has 0 aromatic rings. The van der Waals surface area contributed by atoms with Gasteiger partial charge >= 0.3 is 5.97 Å². The Hall–Kier alpha value is -1.13. The second kappa shape index (κ2) is 4.27. The molecular weight excluding hydrogens is 218 g/mol. The van der Waals surface area contributed by atoms with Gasteiger partial charge in [-0.05, 0) is 46.5 Å². The second-order valence-electron chi connectivity index (χ2n) is 6.10. The Kier molecular flexibility index (Phi) is 3.10. The van der Waals surface area contributed by atoms with Crippen LogP contribution in [0.15, 0.2) is 10.3 Å². The molecule has 1 fully saturated rings. The molecule has 0 atom stereocenters. The van der Waals surface area contributed by atoms with Gasteiger partial charge in [-0.2, -0.15) is 5.11 Å². The number of carbonyl (C=O) groups excluding carboxylic acids is 1. The maximum atomic E-state index is 11.9. The van der Waals surface area contributed by atoms with E-state index in [1.165, 1.54) is 0 Å². The van der Waals surface area contributed by atoms with Crippen LogP contribution < -0.4 is 5.43 Å². The third-order valence-corrected chi connectivity index (χ3v) is 3.41. The number of hydrogen-bond donors (Lipinski definition) is 1. The molecule has 5 nitrogen and oxygen atoms in total. The third kappa shape index (κ3) is 2.96. The average Bonchev–Trinajstić information content (AvgIpc) is 2.65. The Morgan fingerprint density at radius 1 is 1.35 bits per heavy atom. The normalized spacial score (nSPS) is 32.5. The number of ether oxygens (including phenoxy) is 1. The van der Waals surface area contributed by atoms with E-state index in [9.17, 15) is 4.79 Å². The molecule has 1 spiro atoms. The number of hydrogen-bond acceptors (Lipinski definition) is 5. The van der Waals surface area contributed by atoms with Gasteiger partial charge in [0.1, 0.15) is 5.60 Å². The van der Waals surface area contributed by atoms with Crippen LogP contribution in [-0.2, 0) is 9.53 Å². The van der Waals surface area contributed by atoms with Gasteiger partial charge in [-0.3, -0.25) is 10.2 Å². The highest BCUT2D eigenvalue weighted by Crippen LogP contribution is 2.35. The molecule has 1 heterocycles. The molecule has 0 unspecified atom stereocenters. The third-order valence-electron chi connectivity index (χ3n) is 3.41. The van der Waals surface area contributed by atoms with Crippen LogP contribution in [0, 0.1) is 5.92 Å². The summed E-state index contributed by atoms with van der Waals surface area (Å²) in [6.45, 7) is 6.47. The Bertz CT molecular complexity index is 315. The van der Waals surface area contributed by atoms with Gasteiger partial charge in [0.25, 0.3) is 0 Å². The molecule has 0 aromatic heterocycles.